The van der Waals surface area contributed by atoms with Crippen LogP contribution in [0.25, 0.3) is 11.1 Å². The van der Waals surface area contributed by atoms with Gasteiger partial charge in [0.25, 0.3) is 5.91 Å². The van der Waals surface area contributed by atoms with E-state index in [0.29, 0.717) is 24.3 Å². The maximum absolute atomic E-state index is 12.6. The second kappa shape index (κ2) is 9.85. The number of piperidine rings is 1. The fourth-order valence-corrected chi connectivity index (χ4v) is 5.13. The number of carbonyl (C=O) groups excluding carboxylic acids is 1. The van der Waals surface area contributed by atoms with E-state index in [-0.39, 0.29) is 12.0 Å². The molecule has 2 fully saturated rings. The Balaban J connectivity index is 1.16. The van der Waals surface area contributed by atoms with Crippen LogP contribution in [0, 0.1) is 0 Å². The number of nitrogens with zero attached hydrogens (tertiary/aromatic N) is 2. The van der Waals surface area contributed by atoms with E-state index in [0.717, 1.165) is 41.0 Å². The third kappa shape index (κ3) is 4.92. The van der Waals surface area contributed by atoms with Crippen LogP contribution in [-0.2, 0) is 6.54 Å². The third-order valence-corrected chi connectivity index (χ3v) is 7.13. The van der Waals surface area contributed by atoms with Crippen LogP contribution in [0.5, 0.6) is 11.5 Å². The van der Waals surface area contributed by atoms with E-state index in [2.05, 4.69) is 22.2 Å². The molecule has 3 heterocycles. The summed E-state index contributed by atoms with van der Waals surface area (Å²) in [5.41, 5.74) is 3.38. The topological polar surface area (TPSA) is 63.7 Å². The molecule has 1 N–H and O–H groups in total. The van der Waals surface area contributed by atoms with E-state index in [1.807, 2.05) is 54.6 Å². The average molecular weight is 458 g/mol. The Kier molecular flexibility index (Phi) is 6.50. The van der Waals surface area contributed by atoms with E-state index in [4.69, 9.17) is 9.47 Å². The normalized spacial score (nSPS) is 21.8. The number of hydrogen-bond donors (Lipinski definition) is 1. The van der Waals surface area contributed by atoms with Gasteiger partial charge in [0.05, 0.1) is 7.11 Å². The average Bonchev–Trinajstić information content (AvgIpc) is 3.07. The zero-order chi connectivity index (χ0) is 23.5. The minimum absolute atomic E-state index is 0.195. The quantitative estimate of drug-likeness (QED) is 0.558. The molecular weight excluding hydrogens is 426 g/mol. The summed E-state index contributed by atoms with van der Waals surface area (Å²) in [4.78, 5) is 19.5. The molecule has 0 spiro atoms. The maximum atomic E-state index is 12.6. The molecule has 2 atom stereocenters. The first-order valence-electron chi connectivity index (χ1n) is 12.0. The summed E-state index contributed by atoms with van der Waals surface area (Å²) < 4.78 is 11.5. The van der Waals surface area contributed by atoms with Gasteiger partial charge in [-0.2, -0.15) is 0 Å². The smallest absolute Gasteiger partial charge is 0.270 e. The maximum Gasteiger partial charge on any atom is 0.270 e. The van der Waals surface area contributed by atoms with Gasteiger partial charge in [0.2, 0.25) is 0 Å². The van der Waals surface area contributed by atoms with E-state index < -0.39 is 0 Å². The lowest BCUT2D eigenvalue weighted by atomic mass is 10.0. The van der Waals surface area contributed by atoms with E-state index in [1.54, 1.807) is 19.4 Å². The summed E-state index contributed by atoms with van der Waals surface area (Å²) in [6.45, 7) is 0.427. The lowest BCUT2D eigenvalue weighted by molar-refractivity contribution is 0.0661. The fourth-order valence-electron chi connectivity index (χ4n) is 5.13. The van der Waals surface area contributed by atoms with Gasteiger partial charge >= 0.3 is 0 Å². The van der Waals surface area contributed by atoms with Crippen molar-refractivity contribution in [2.45, 2.75) is 50.4 Å². The number of amides is 1. The Labute approximate surface area is 200 Å². The number of ether oxygens (including phenoxy) is 2. The van der Waals surface area contributed by atoms with Crippen molar-refractivity contribution in [1.82, 2.24) is 15.2 Å². The van der Waals surface area contributed by atoms with Gasteiger partial charge in [0, 0.05) is 30.4 Å². The van der Waals surface area contributed by atoms with Crippen molar-refractivity contribution in [2.24, 2.45) is 0 Å². The molecule has 6 nitrogen and oxygen atoms in total. The molecule has 1 aromatic heterocycles. The van der Waals surface area contributed by atoms with Crippen LogP contribution >= 0.6 is 0 Å². The van der Waals surface area contributed by atoms with E-state index in [1.165, 1.54) is 12.8 Å². The molecule has 5 rings (SSSR count). The second-order valence-corrected chi connectivity index (χ2v) is 9.25. The predicted molar refractivity (Wildman–Crippen MR) is 132 cm³/mol. The van der Waals surface area contributed by atoms with Crippen LogP contribution in [0.4, 0.5) is 0 Å². The summed E-state index contributed by atoms with van der Waals surface area (Å²) in [6.07, 6.45) is 6.73. The lowest BCUT2D eigenvalue weighted by Gasteiger charge is -2.36. The van der Waals surface area contributed by atoms with Crippen LogP contribution < -0.4 is 14.8 Å². The number of nitrogens with one attached hydrogen (secondary N) is 1. The molecule has 34 heavy (non-hydrogen) atoms. The molecule has 6 heteroatoms. The zero-order valence-electron chi connectivity index (χ0n) is 19.7. The minimum Gasteiger partial charge on any atom is -0.497 e. The number of pyridine rings is 1. The number of carbonyl (C=O) groups is 1. The second-order valence-electron chi connectivity index (χ2n) is 9.25. The largest absolute Gasteiger partial charge is 0.497 e. The number of benzene rings is 2. The number of hydrogen-bond acceptors (Lipinski definition) is 5. The van der Waals surface area contributed by atoms with Gasteiger partial charge < -0.3 is 19.7 Å². The van der Waals surface area contributed by atoms with E-state index >= 15 is 0 Å². The van der Waals surface area contributed by atoms with Gasteiger partial charge in [-0.3, -0.25) is 9.78 Å². The summed E-state index contributed by atoms with van der Waals surface area (Å²) in [5, 5.41) is 2.97. The molecular formula is C28H31N3O3. The van der Waals surface area contributed by atoms with Crippen molar-refractivity contribution < 1.29 is 14.3 Å². The minimum atomic E-state index is -0.195. The van der Waals surface area contributed by atoms with Gasteiger partial charge in [-0.15, -0.1) is 0 Å². The molecule has 2 aliphatic heterocycles. The predicted octanol–water partition coefficient (Wildman–Crippen LogP) is 4.69. The highest BCUT2D eigenvalue weighted by atomic mass is 16.5. The highest BCUT2D eigenvalue weighted by molar-refractivity contribution is 5.92. The van der Waals surface area contributed by atoms with Crippen LogP contribution in [-0.4, -0.2) is 48.1 Å². The van der Waals surface area contributed by atoms with Crippen molar-refractivity contribution in [3.05, 3.63) is 78.1 Å². The molecule has 2 aliphatic rings. The first-order chi connectivity index (χ1) is 16.6. The molecule has 2 saturated heterocycles. The lowest BCUT2D eigenvalue weighted by Crippen LogP contribution is -2.43. The molecule has 2 aromatic carbocycles. The van der Waals surface area contributed by atoms with Crippen molar-refractivity contribution >= 4 is 5.91 Å². The van der Waals surface area contributed by atoms with Crippen molar-refractivity contribution in [3.8, 4) is 22.6 Å². The Bertz CT molecular complexity index is 1120. The molecule has 3 aromatic rings. The van der Waals surface area contributed by atoms with Gasteiger partial charge in [-0.05, 0) is 74.2 Å². The Morgan fingerprint density at radius 3 is 2.41 bits per heavy atom. The van der Waals surface area contributed by atoms with Crippen molar-refractivity contribution in [1.29, 1.82) is 0 Å². The van der Waals surface area contributed by atoms with Gasteiger partial charge in [0.15, 0.2) is 0 Å². The van der Waals surface area contributed by atoms with Crippen LogP contribution in [0.3, 0.4) is 0 Å². The van der Waals surface area contributed by atoms with Gasteiger partial charge in [-0.1, -0.05) is 30.3 Å². The SMILES string of the molecule is COc1ccc(-c2ccc(C(=O)NCc3cccc(OC4C[C@@H]5CC[C@@H](C4)N5C)c3)nc2)cc1. The highest BCUT2D eigenvalue weighted by Gasteiger charge is 2.39. The van der Waals surface area contributed by atoms with Gasteiger partial charge in [-0.25, -0.2) is 0 Å². The monoisotopic (exact) mass is 457 g/mol. The number of methoxy groups -OCH3 is 1. The highest BCUT2D eigenvalue weighted by Crippen LogP contribution is 2.36. The summed E-state index contributed by atoms with van der Waals surface area (Å²) in [7, 11) is 3.88. The molecule has 1 amide bonds. The summed E-state index contributed by atoms with van der Waals surface area (Å²) >= 11 is 0. The molecule has 176 valence electrons. The van der Waals surface area contributed by atoms with Crippen molar-refractivity contribution in [3.63, 3.8) is 0 Å². The summed E-state index contributed by atoms with van der Waals surface area (Å²) in [6, 6.07) is 20.7. The standard InChI is InChI=1S/C28H31N3O3/c1-31-22-9-10-23(31)16-26(15-22)34-25-5-3-4-19(14-25)17-30-28(32)27-13-8-21(18-29-27)20-6-11-24(33-2)12-7-20/h3-8,11-14,18,22-23,26H,9-10,15-17H2,1-2H3,(H,30,32)/t22-,23-/m0/s1. The molecule has 0 radical (unpaired) electrons. The van der Waals surface area contributed by atoms with Crippen molar-refractivity contribution in [2.75, 3.05) is 14.2 Å². The Hall–Kier alpha value is -3.38. The molecule has 0 saturated carbocycles. The number of rotatable bonds is 7. The Morgan fingerprint density at radius 1 is 1.00 bits per heavy atom. The molecule has 2 bridgehead atoms. The molecule has 0 aliphatic carbocycles. The molecule has 0 unspecified atom stereocenters. The Morgan fingerprint density at radius 2 is 1.74 bits per heavy atom. The first kappa shape index (κ1) is 22.4. The fraction of sp³-hybridized carbons (Fsp3) is 0.357. The first-order valence-corrected chi connectivity index (χ1v) is 12.0. The van der Waals surface area contributed by atoms with E-state index in [9.17, 15) is 4.79 Å². The van der Waals surface area contributed by atoms with Crippen LogP contribution in [0.15, 0.2) is 66.9 Å². The summed E-state index contributed by atoms with van der Waals surface area (Å²) in [5.74, 6) is 1.49. The number of fused-ring (bicyclic) bond motifs is 2. The third-order valence-electron chi connectivity index (χ3n) is 7.13. The van der Waals surface area contributed by atoms with Crippen LogP contribution in [0.2, 0.25) is 0 Å². The zero-order valence-corrected chi connectivity index (χ0v) is 19.7. The van der Waals surface area contributed by atoms with Crippen LogP contribution in [0.1, 0.15) is 41.7 Å². The number of aromatic nitrogens is 1. The van der Waals surface area contributed by atoms with Gasteiger partial charge in [0.1, 0.15) is 23.3 Å².